The quantitative estimate of drug-likeness (QED) is 0.826. The molecule has 2 aromatic rings. The Bertz CT molecular complexity index is 542. The van der Waals surface area contributed by atoms with E-state index in [0.29, 0.717) is 11.1 Å². The first-order chi connectivity index (χ1) is 9.72. The van der Waals surface area contributed by atoms with Crippen molar-refractivity contribution in [2.45, 2.75) is 25.8 Å². The van der Waals surface area contributed by atoms with Gasteiger partial charge in [-0.2, -0.15) is 0 Å². The van der Waals surface area contributed by atoms with Gasteiger partial charge >= 0.3 is 0 Å². The molecule has 3 heteroatoms. The minimum Gasteiger partial charge on any atom is -0.495 e. The number of hydrogen-bond acceptors (Lipinski definition) is 2. The van der Waals surface area contributed by atoms with E-state index in [1.807, 2.05) is 24.3 Å². The lowest BCUT2D eigenvalue weighted by atomic mass is 10.0. The molecule has 0 aliphatic rings. The van der Waals surface area contributed by atoms with Gasteiger partial charge in [-0.15, -0.1) is 0 Å². The minimum absolute atomic E-state index is 0.352. The zero-order valence-electron chi connectivity index (χ0n) is 11.9. The van der Waals surface area contributed by atoms with Crippen LogP contribution in [0.25, 0.3) is 0 Å². The van der Waals surface area contributed by atoms with E-state index in [9.17, 15) is 0 Å². The van der Waals surface area contributed by atoms with Gasteiger partial charge in [0.25, 0.3) is 0 Å². The Kier molecular flexibility index (Phi) is 5.31. The molecule has 0 saturated heterocycles. The van der Waals surface area contributed by atoms with Crippen molar-refractivity contribution in [2.75, 3.05) is 12.4 Å². The summed E-state index contributed by atoms with van der Waals surface area (Å²) in [6.07, 6.45) is 2.01. The molecule has 2 rings (SSSR count). The van der Waals surface area contributed by atoms with E-state index in [2.05, 4.69) is 36.5 Å². The smallest absolute Gasteiger partial charge is 0.142 e. The normalized spacial score (nSPS) is 11.9. The average molecular weight is 290 g/mol. The molecule has 106 valence electrons. The van der Waals surface area contributed by atoms with Crippen molar-refractivity contribution >= 4 is 17.3 Å². The summed E-state index contributed by atoms with van der Waals surface area (Å²) in [4.78, 5) is 0. The number of nitrogens with one attached hydrogen (secondary N) is 1. The standard InChI is InChI=1S/C17H20ClNO/c1-3-15(11-13-7-5-4-6-8-13)19-16-12-14(18)9-10-17(16)20-2/h4-10,12,15,19H,3,11H2,1-2H3. The summed E-state index contributed by atoms with van der Waals surface area (Å²) >= 11 is 6.07. The van der Waals surface area contributed by atoms with Gasteiger partial charge in [0, 0.05) is 11.1 Å². The summed E-state index contributed by atoms with van der Waals surface area (Å²) in [7, 11) is 1.67. The van der Waals surface area contributed by atoms with Gasteiger partial charge in [0.05, 0.1) is 12.8 Å². The molecule has 0 amide bonds. The summed E-state index contributed by atoms with van der Waals surface area (Å²) < 4.78 is 5.37. The Morgan fingerprint density at radius 1 is 1.15 bits per heavy atom. The Morgan fingerprint density at radius 2 is 1.90 bits per heavy atom. The third-order valence-corrected chi connectivity index (χ3v) is 3.57. The molecule has 0 aromatic heterocycles. The van der Waals surface area contributed by atoms with Crippen LogP contribution in [0.4, 0.5) is 5.69 Å². The predicted octanol–water partition coefficient (Wildman–Crippen LogP) is 4.78. The van der Waals surface area contributed by atoms with Crippen molar-refractivity contribution in [1.82, 2.24) is 0 Å². The summed E-state index contributed by atoms with van der Waals surface area (Å²) in [5.41, 5.74) is 2.27. The van der Waals surface area contributed by atoms with Gasteiger partial charge in [-0.05, 0) is 36.6 Å². The maximum absolute atomic E-state index is 6.07. The van der Waals surface area contributed by atoms with Gasteiger partial charge in [-0.25, -0.2) is 0 Å². The Hall–Kier alpha value is -1.67. The maximum Gasteiger partial charge on any atom is 0.142 e. The second kappa shape index (κ2) is 7.20. The van der Waals surface area contributed by atoms with E-state index in [-0.39, 0.29) is 0 Å². The first kappa shape index (κ1) is 14.7. The third kappa shape index (κ3) is 3.91. The monoisotopic (exact) mass is 289 g/mol. The van der Waals surface area contributed by atoms with Crippen molar-refractivity contribution in [3.05, 3.63) is 59.1 Å². The second-order valence-corrected chi connectivity index (χ2v) is 5.22. The molecule has 0 radical (unpaired) electrons. The molecule has 1 atom stereocenters. The summed E-state index contributed by atoms with van der Waals surface area (Å²) in [6.45, 7) is 2.18. The Labute approximate surface area is 125 Å². The number of anilines is 1. The SMILES string of the molecule is CCC(Cc1ccccc1)Nc1cc(Cl)ccc1OC. The van der Waals surface area contributed by atoms with E-state index >= 15 is 0 Å². The van der Waals surface area contributed by atoms with E-state index in [4.69, 9.17) is 16.3 Å². The molecule has 2 nitrogen and oxygen atoms in total. The van der Waals surface area contributed by atoms with Crippen molar-refractivity contribution < 1.29 is 4.74 Å². The van der Waals surface area contributed by atoms with Crippen LogP contribution in [-0.4, -0.2) is 13.2 Å². The fourth-order valence-corrected chi connectivity index (χ4v) is 2.38. The molecule has 0 heterocycles. The minimum atomic E-state index is 0.352. The average Bonchev–Trinajstić information content (AvgIpc) is 2.48. The van der Waals surface area contributed by atoms with E-state index in [0.717, 1.165) is 24.3 Å². The van der Waals surface area contributed by atoms with Crippen LogP contribution in [0, 0.1) is 0 Å². The molecule has 0 aliphatic carbocycles. The molecular formula is C17H20ClNO. The van der Waals surface area contributed by atoms with Crippen LogP contribution in [0.15, 0.2) is 48.5 Å². The first-order valence-electron chi connectivity index (χ1n) is 6.87. The van der Waals surface area contributed by atoms with E-state index < -0.39 is 0 Å². The number of halogens is 1. The van der Waals surface area contributed by atoms with Gasteiger partial charge < -0.3 is 10.1 Å². The lowest BCUT2D eigenvalue weighted by Gasteiger charge is -2.20. The fourth-order valence-electron chi connectivity index (χ4n) is 2.21. The van der Waals surface area contributed by atoms with Crippen LogP contribution in [0.2, 0.25) is 5.02 Å². The van der Waals surface area contributed by atoms with Crippen molar-refractivity contribution in [3.8, 4) is 5.75 Å². The molecule has 0 spiro atoms. The van der Waals surface area contributed by atoms with Crippen molar-refractivity contribution in [1.29, 1.82) is 0 Å². The van der Waals surface area contributed by atoms with Crippen LogP contribution in [0.3, 0.4) is 0 Å². The Morgan fingerprint density at radius 3 is 2.55 bits per heavy atom. The predicted molar refractivity (Wildman–Crippen MR) is 85.9 cm³/mol. The second-order valence-electron chi connectivity index (χ2n) is 4.78. The fraction of sp³-hybridized carbons (Fsp3) is 0.294. The van der Waals surface area contributed by atoms with Gasteiger partial charge in [-0.1, -0.05) is 48.9 Å². The third-order valence-electron chi connectivity index (χ3n) is 3.34. The van der Waals surface area contributed by atoms with Crippen molar-refractivity contribution in [2.24, 2.45) is 0 Å². The number of hydrogen-bond donors (Lipinski definition) is 1. The lowest BCUT2D eigenvalue weighted by Crippen LogP contribution is -2.21. The van der Waals surface area contributed by atoms with Crippen LogP contribution in [-0.2, 0) is 6.42 Å². The van der Waals surface area contributed by atoms with Gasteiger partial charge in [0.15, 0.2) is 0 Å². The zero-order valence-corrected chi connectivity index (χ0v) is 12.7. The Balaban J connectivity index is 2.12. The zero-order chi connectivity index (χ0) is 14.4. The molecule has 20 heavy (non-hydrogen) atoms. The summed E-state index contributed by atoms with van der Waals surface area (Å²) in [6, 6.07) is 16.5. The molecule has 0 aliphatic heterocycles. The highest BCUT2D eigenvalue weighted by atomic mass is 35.5. The van der Waals surface area contributed by atoms with E-state index in [1.54, 1.807) is 7.11 Å². The van der Waals surface area contributed by atoms with Gasteiger partial charge in [0.1, 0.15) is 5.75 Å². The number of rotatable bonds is 6. The molecule has 1 N–H and O–H groups in total. The summed E-state index contributed by atoms with van der Waals surface area (Å²) in [5, 5.41) is 4.24. The number of ether oxygens (including phenoxy) is 1. The lowest BCUT2D eigenvalue weighted by molar-refractivity contribution is 0.416. The molecule has 2 aromatic carbocycles. The molecule has 1 unspecified atom stereocenters. The molecule has 0 saturated carbocycles. The topological polar surface area (TPSA) is 21.3 Å². The van der Waals surface area contributed by atoms with Crippen molar-refractivity contribution in [3.63, 3.8) is 0 Å². The highest BCUT2D eigenvalue weighted by Gasteiger charge is 2.11. The van der Waals surface area contributed by atoms with Crippen LogP contribution in [0.1, 0.15) is 18.9 Å². The molecular weight excluding hydrogens is 270 g/mol. The van der Waals surface area contributed by atoms with Gasteiger partial charge in [0.2, 0.25) is 0 Å². The van der Waals surface area contributed by atoms with Crippen LogP contribution in [0.5, 0.6) is 5.75 Å². The van der Waals surface area contributed by atoms with E-state index in [1.165, 1.54) is 5.56 Å². The van der Waals surface area contributed by atoms with Crippen LogP contribution < -0.4 is 10.1 Å². The largest absolute Gasteiger partial charge is 0.495 e. The van der Waals surface area contributed by atoms with Crippen LogP contribution >= 0.6 is 11.6 Å². The van der Waals surface area contributed by atoms with Gasteiger partial charge in [-0.3, -0.25) is 0 Å². The highest BCUT2D eigenvalue weighted by Crippen LogP contribution is 2.29. The molecule has 0 fully saturated rings. The molecule has 0 bridgehead atoms. The summed E-state index contributed by atoms with van der Waals surface area (Å²) in [5.74, 6) is 0.820. The number of benzene rings is 2. The first-order valence-corrected chi connectivity index (χ1v) is 7.24. The number of methoxy groups -OCH3 is 1. The maximum atomic E-state index is 6.07. The highest BCUT2D eigenvalue weighted by molar-refractivity contribution is 6.30.